The molecule has 0 aliphatic heterocycles. The number of para-hydroxylation sites is 1. The molecule has 33 heavy (non-hydrogen) atoms. The molecule has 0 aliphatic carbocycles. The average Bonchev–Trinajstić information content (AvgIpc) is 3.47. The molecule has 2 amide bonds. The van der Waals surface area contributed by atoms with Crippen LogP contribution in [0.2, 0.25) is 0 Å². The van der Waals surface area contributed by atoms with E-state index in [4.69, 9.17) is 0 Å². The van der Waals surface area contributed by atoms with Crippen molar-refractivity contribution in [3.05, 3.63) is 90.5 Å². The fourth-order valence-electron chi connectivity index (χ4n) is 3.16. The van der Waals surface area contributed by atoms with Crippen molar-refractivity contribution in [1.29, 1.82) is 0 Å². The van der Waals surface area contributed by atoms with Gasteiger partial charge in [0, 0.05) is 43.4 Å². The molecule has 2 heterocycles. The number of imidazole rings is 1. The minimum atomic E-state index is -0.159. The van der Waals surface area contributed by atoms with Gasteiger partial charge < -0.3 is 15.2 Å². The summed E-state index contributed by atoms with van der Waals surface area (Å²) in [5, 5.41) is 10.9. The van der Waals surface area contributed by atoms with Gasteiger partial charge in [0.05, 0.1) is 17.6 Å². The molecule has 8 nitrogen and oxygen atoms in total. The Morgan fingerprint density at radius 2 is 1.85 bits per heavy atom. The second-order valence-electron chi connectivity index (χ2n) is 7.37. The van der Waals surface area contributed by atoms with Crippen LogP contribution >= 0.6 is 11.8 Å². The van der Waals surface area contributed by atoms with Gasteiger partial charge in [-0.2, -0.15) is 5.10 Å². The van der Waals surface area contributed by atoms with E-state index in [1.54, 1.807) is 30.5 Å². The first-order valence-electron chi connectivity index (χ1n) is 10.5. The Morgan fingerprint density at radius 3 is 2.58 bits per heavy atom. The largest absolute Gasteiger partial charge is 0.352 e. The van der Waals surface area contributed by atoms with Gasteiger partial charge in [-0.15, -0.1) is 0 Å². The van der Waals surface area contributed by atoms with Crippen molar-refractivity contribution in [2.24, 2.45) is 7.05 Å². The summed E-state index contributed by atoms with van der Waals surface area (Å²) in [6, 6.07) is 16.7. The smallest absolute Gasteiger partial charge is 0.251 e. The van der Waals surface area contributed by atoms with E-state index in [0.717, 1.165) is 16.4 Å². The summed E-state index contributed by atoms with van der Waals surface area (Å²) in [6.45, 7) is 0.502. The minimum absolute atomic E-state index is 0.128. The van der Waals surface area contributed by atoms with Gasteiger partial charge >= 0.3 is 0 Å². The lowest BCUT2D eigenvalue weighted by Crippen LogP contribution is -2.25. The van der Waals surface area contributed by atoms with Gasteiger partial charge in [0.2, 0.25) is 5.91 Å². The van der Waals surface area contributed by atoms with Gasteiger partial charge in [0.15, 0.2) is 5.16 Å². The minimum Gasteiger partial charge on any atom is -0.352 e. The van der Waals surface area contributed by atoms with Crippen LogP contribution < -0.4 is 10.6 Å². The third kappa shape index (κ3) is 6.11. The molecule has 0 fully saturated rings. The molecule has 4 aromatic rings. The van der Waals surface area contributed by atoms with E-state index in [-0.39, 0.29) is 17.6 Å². The molecule has 2 N–H and O–H groups in total. The zero-order valence-corrected chi connectivity index (χ0v) is 19.0. The number of nitrogens with zero attached hydrogens (tertiary/aromatic N) is 4. The first-order chi connectivity index (χ1) is 16.1. The molecular formula is C24H24N6O2S. The Balaban J connectivity index is 1.22. The van der Waals surface area contributed by atoms with Crippen LogP contribution in [0.4, 0.5) is 5.69 Å². The zero-order chi connectivity index (χ0) is 23.0. The molecule has 0 aliphatic rings. The van der Waals surface area contributed by atoms with Crippen LogP contribution in [0.3, 0.4) is 0 Å². The summed E-state index contributed by atoms with van der Waals surface area (Å²) < 4.78 is 3.68. The van der Waals surface area contributed by atoms with Crippen molar-refractivity contribution in [3.8, 4) is 5.69 Å². The van der Waals surface area contributed by atoms with Gasteiger partial charge in [0.1, 0.15) is 0 Å². The number of aromatic nitrogens is 4. The summed E-state index contributed by atoms with van der Waals surface area (Å²) in [5.74, 6) is -0.0292. The fraction of sp³-hybridized carbons (Fsp3) is 0.167. The zero-order valence-electron chi connectivity index (χ0n) is 18.1. The first kappa shape index (κ1) is 22.3. The number of nitrogens with one attached hydrogen (secondary N) is 2. The number of anilines is 1. The molecule has 0 atom stereocenters. The number of benzene rings is 2. The number of amides is 2. The maximum atomic E-state index is 12.4. The third-order valence-corrected chi connectivity index (χ3v) is 5.95. The molecule has 168 valence electrons. The van der Waals surface area contributed by atoms with E-state index in [0.29, 0.717) is 24.2 Å². The number of hydrogen-bond donors (Lipinski definition) is 2. The monoisotopic (exact) mass is 460 g/mol. The first-order valence-corrected chi connectivity index (χ1v) is 11.4. The molecule has 0 bridgehead atoms. The van der Waals surface area contributed by atoms with Crippen molar-refractivity contribution in [2.75, 3.05) is 17.6 Å². The molecule has 9 heteroatoms. The van der Waals surface area contributed by atoms with Gasteiger partial charge in [-0.25, -0.2) is 9.67 Å². The SMILES string of the molecule is Cn1ccnc1SCC(=O)Nc1ccc(C(=O)NCCc2cnn(-c3ccccc3)c2)cc1. The average molecular weight is 461 g/mol. The molecule has 0 spiro atoms. The molecule has 2 aromatic carbocycles. The summed E-state index contributed by atoms with van der Waals surface area (Å²) >= 11 is 1.37. The highest BCUT2D eigenvalue weighted by atomic mass is 32.2. The summed E-state index contributed by atoms with van der Waals surface area (Å²) in [4.78, 5) is 28.8. The lowest BCUT2D eigenvalue weighted by atomic mass is 10.2. The normalized spacial score (nSPS) is 10.7. The van der Waals surface area contributed by atoms with Crippen LogP contribution in [-0.2, 0) is 18.3 Å². The molecule has 4 rings (SSSR count). The fourth-order valence-corrected chi connectivity index (χ4v) is 3.89. The quantitative estimate of drug-likeness (QED) is 0.374. The van der Waals surface area contributed by atoms with Crippen molar-refractivity contribution >= 4 is 29.3 Å². The highest BCUT2D eigenvalue weighted by Crippen LogP contribution is 2.16. The van der Waals surface area contributed by atoms with E-state index in [1.165, 1.54) is 11.8 Å². The Labute approximate surface area is 196 Å². The highest BCUT2D eigenvalue weighted by Gasteiger charge is 2.09. The van der Waals surface area contributed by atoms with Gasteiger partial charge in [-0.3, -0.25) is 9.59 Å². The molecule has 0 saturated carbocycles. The van der Waals surface area contributed by atoms with Crippen LogP contribution in [0.1, 0.15) is 15.9 Å². The van der Waals surface area contributed by atoms with Crippen molar-refractivity contribution in [1.82, 2.24) is 24.6 Å². The lowest BCUT2D eigenvalue weighted by Gasteiger charge is -2.07. The van der Waals surface area contributed by atoms with Crippen molar-refractivity contribution < 1.29 is 9.59 Å². The van der Waals surface area contributed by atoms with E-state index in [2.05, 4.69) is 20.7 Å². The molecule has 0 radical (unpaired) electrons. The Morgan fingerprint density at radius 1 is 1.06 bits per heavy atom. The third-order valence-electron chi connectivity index (χ3n) is 4.90. The Hall–Kier alpha value is -3.85. The van der Waals surface area contributed by atoms with Gasteiger partial charge in [-0.05, 0) is 48.4 Å². The molecule has 0 unspecified atom stereocenters. The Kier molecular flexibility index (Phi) is 7.21. The number of carbonyl (C=O) groups excluding carboxylic acids is 2. The predicted molar refractivity (Wildman–Crippen MR) is 129 cm³/mol. The highest BCUT2D eigenvalue weighted by molar-refractivity contribution is 7.99. The van der Waals surface area contributed by atoms with E-state index < -0.39 is 0 Å². The van der Waals surface area contributed by atoms with Gasteiger partial charge in [0.25, 0.3) is 5.91 Å². The molecule has 2 aromatic heterocycles. The maximum Gasteiger partial charge on any atom is 0.251 e. The van der Waals surface area contributed by atoms with Crippen LogP contribution in [0.15, 0.2) is 84.5 Å². The van der Waals surface area contributed by atoms with Crippen LogP contribution in [0.5, 0.6) is 0 Å². The van der Waals surface area contributed by atoms with Gasteiger partial charge in [-0.1, -0.05) is 30.0 Å². The number of aryl methyl sites for hydroxylation is 1. The lowest BCUT2D eigenvalue weighted by molar-refractivity contribution is -0.113. The van der Waals surface area contributed by atoms with Crippen LogP contribution in [0, 0.1) is 0 Å². The standard InChI is InChI=1S/C24H24N6O2S/c1-29-14-13-26-24(29)33-17-22(31)28-20-9-7-19(8-10-20)23(32)25-12-11-18-15-27-30(16-18)21-5-3-2-4-6-21/h2-10,13-16H,11-12,17H2,1H3,(H,25,32)(H,28,31). The number of rotatable bonds is 9. The summed E-state index contributed by atoms with van der Waals surface area (Å²) in [6.07, 6.45) is 7.98. The summed E-state index contributed by atoms with van der Waals surface area (Å²) in [5.41, 5.74) is 3.22. The predicted octanol–water partition coefficient (Wildman–Crippen LogP) is 3.31. The Bertz CT molecular complexity index is 1220. The van der Waals surface area contributed by atoms with Crippen molar-refractivity contribution in [3.63, 3.8) is 0 Å². The maximum absolute atomic E-state index is 12.4. The number of thioether (sulfide) groups is 1. The van der Waals surface area contributed by atoms with Crippen LogP contribution in [-0.4, -0.2) is 43.4 Å². The van der Waals surface area contributed by atoms with Crippen molar-refractivity contribution in [2.45, 2.75) is 11.6 Å². The van der Waals surface area contributed by atoms with E-state index in [1.807, 2.05) is 65.2 Å². The number of carbonyl (C=O) groups is 2. The molecule has 0 saturated heterocycles. The topological polar surface area (TPSA) is 93.8 Å². The molecular weight excluding hydrogens is 436 g/mol. The van der Waals surface area contributed by atoms with Crippen LogP contribution in [0.25, 0.3) is 5.69 Å². The second-order valence-corrected chi connectivity index (χ2v) is 8.31. The van der Waals surface area contributed by atoms with E-state index >= 15 is 0 Å². The van der Waals surface area contributed by atoms with E-state index in [9.17, 15) is 9.59 Å². The second kappa shape index (κ2) is 10.6. The summed E-state index contributed by atoms with van der Waals surface area (Å²) in [7, 11) is 1.88. The number of hydrogen-bond acceptors (Lipinski definition) is 5.